The second-order valence-electron chi connectivity index (χ2n) is 17.5. The van der Waals surface area contributed by atoms with Crippen LogP contribution in [0.2, 0.25) is 0 Å². The predicted molar refractivity (Wildman–Crippen MR) is 277 cm³/mol. The molecule has 0 unspecified atom stereocenters. The summed E-state index contributed by atoms with van der Waals surface area (Å²) in [4.78, 5) is 32.0. The van der Waals surface area contributed by atoms with Crippen molar-refractivity contribution in [3.05, 3.63) is 121 Å². The van der Waals surface area contributed by atoms with Gasteiger partial charge in [-0.3, -0.25) is 8.37 Å². The maximum atomic E-state index is 11.9. The summed E-state index contributed by atoms with van der Waals surface area (Å²) in [5.41, 5.74) is 4.58. The molecule has 8 atom stereocenters. The minimum Gasteiger partial charge on any atom is -0.478 e. The number of nitrogens with two attached hydrogens (primary N) is 2. The molecule has 10 rings (SSSR count). The average molecular weight is 1070 g/mol. The number of carbonyl (C=O) groups is 2. The van der Waals surface area contributed by atoms with Crippen molar-refractivity contribution in [2.75, 3.05) is 31.0 Å². The average Bonchev–Trinajstić information content (AvgIpc) is 4.13. The van der Waals surface area contributed by atoms with Crippen molar-refractivity contribution >= 4 is 77.0 Å². The number of nitrogens with one attached hydrogen (secondary N) is 2. The van der Waals surface area contributed by atoms with E-state index in [0.29, 0.717) is 39.9 Å². The number of hydrogen-bond acceptors (Lipinski definition) is 19. The summed E-state index contributed by atoms with van der Waals surface area (Å²) in [6.07, 6.45) is -1.13. The van der Waals surface area contributed by atoms with Crippen LogP contribution in [0.1, 0.15) is 48.4 Å². The van der Waals surface area contributed by atoms with Gasteiger partial charge in [0.2, 0.25) is 0 Å². The fraction of sp³-hybridized carbons (Fsp3) is 0.306. The molecular weight excluding hydrogens is 1020 g/mol. The molecule has 0 radical (unpaired) electrons. The van der Waals surface area contributed by atoms with Gasteiger partial charge in [0.05, 0.1) is 67.1 Å². The zero-order valence-corrected chi connectivity index (χ0v) is 40.0. The Morgan fingerprint density at radius 1 is 0.627 bits per heavy atom. The van der Waals surface area contributed by atoms with Crippen LogP contribution in [-0.4, -0.2) is 140 Å². The molecule has 4 aromatic heterocycles. The van der Waals surface area contributed by atoms with E-state index in [2.05, 4.69) is 34.1 Å². The number of aliphatic hydroxyl groups is 4. The number of benzene rings is 4. The maximum absolute atomic E-state index is 11.9. The number of rotatable bonds is 14. The zero-order valence-electron chi connectivity index (χ0n) is 38.4. The van der Waals surface area contributed by atoms with Gasteiger partial charge in [0.25, 0.3) is 0 Å². The second kappa shape index (κ2) is 22.3. The zero-order chi connectivity index (χ0) is 51.9. The lowest BCUT2D eigenvalue weighted by Gasteiger charge is -2.19. The number of esters is 1. The van der Waals surface area contributed by atoms with Gasteiger partial charge in [-0.05, 0) is 70.8 Å². The van der Waals surface area contributed by atoms with Gasteiger partial charge in [-0.2, -0.15) is 36.1 Å². The third-order valence-electron chi connectivity index (χ3n) is 12.9. The lowest BCUT2D eigenvalue weighted by Crippen LogP contribution is -2.36. The Bertz CT molecular complexity index is 3630. The van der Waals surface area contributed by atoms with Crippen LogP contribution in [0.15, 0.2) is 109 Å². The Kier molecular flexibility index (Phi) is 16.5. The van der Waals surface area contributed by atoms with E-state index < -0.39 is 80.9 Å². The van der Waals surface area contributed by atoms with Gasteiger partial charge in [-0.15, -0.1) is 0 Å². The van der Waals surface area contributed by atoms with Crippen LogP contribution in [0.5, 0.6) is 0 Å². The molecule has 4 aromatic carbocycles. The largest absolute Gasteiger partial charge is 0.478 e. The fourth-order valence-corrected chi connectivity index (χ4v) is 10.0. The summed E-state index contributed by atoms with van der Waals surface area (Å²) in [7, 11) is -7.00. The number of fused-ring (bicyclic) bond motifs is 4. The van der Waals surface area contributed by atoms with Gasteiger partial charge in [0.1, 0.15) is 23.8 Å². The highest BCUT2D eigenvalue weighted by Crippen LogP contribution is 2.35. The highest BCUT2D eigenvalue weighted by Gasteiger charge is 2.43. The van der Waals surface area contributed by atoms with Crippen molar-refractivity contribution in [1.82, 2.24) is 29.2 Å². The molecule has 2 aliphatic rings. The van der Waals surface area contributed by atoms with Gasteiger partial charge in [0.15, 0.2) is 11.3 Å². The number of anilines is 2. The van der Waals surface area contributed by atoms with E-state index in [4.69, 9.17) is 20.1 Å². The monoisotopic (exact) mass is 1070 g/mol. The molecule has 398 valence electrons. The van der Waals surface area contributed by atoms with Crippen LogP contribution in [0, 0.1) is 11.8 Å². The number of aromatic nitrogens is 6. The van der Waals surface area contributed by atoms with E-state index in [0.717, 1.165) is 32.7 Å². The van der Waals surface area contributed by atoms with E-state index in [-0.39, 0.29) is 46.5 Å². The number of hydrogen-bond donors (Lipinski definition) is 9. The number of methoxy groups -OCH3 is 1. The summed E-state index contributed by atoms with van der Waals surface area (Å²) in [5, 5.41) is 79.9. The molecule has 0 saturated heterocycles. The highest BCUT2D eigenvalue weighted by atomic mass is 32.2. The molecule has 75 heavy (non-hydrogen) atoms. The number of carbonyl (C=O) groups excluding carboxylic acids is 1. The molecule has 0 aliphatic heterocycles. The van der Waals surface area contributed by atoms with Crippen molar-refractivity contribution in [2.24, 2.45) is 22.1 Å². The van der Waals surface area contributed by atoms with Crippen LogP contribution in [0.25, 0.3) is 55.4 Å². The van der Waals surface area contributed by atoms with Crippen LogP contribution in [0.3, 0.4) is 0 Å². The van der Waals surface area contributed by atoms with Gasteiger partial charge in [0, 0.05) is 47.5 Å². The molecule has 0 amide bonds. The summed E-state index contributed by atoms with van der Waals surface area (Å²) >= 11 is 0. The van der Waals surface area contributed by atoms with Crippen LogP contribution in [0.4, 0.5) is 11.6 Å². The van der Waals surface area contributed by atoms with E-state index in [1.54, 1.807) is 63.9 Å². The molecule has 0 spiro atoms. The van der Waals surface area contributed by atoms with Gasteiger partial charge >= 0.3 is 32.5 Å². The van der Waals surface area contributed by atoms with E-state index in [9.17, 15) is 52.0 Å². The molecule has 26 heteroatoms. The molecule has 2 fully saturated rings. The SMILES string of the molecule is C.C.COC(=O)c1ccc2c(-c3cc4nccc(N[C@@H]5C[C@H](COS(N)(=O)=O)[C@@H](O)[C@H]5O)n4n3)cccc2c1.NS(=O)(=O)OC[C@H]1C[C@@H](Nc2ccnc3cc(-c4cccc5cc(C(=O)O)ccc45)nn23)[C@H](O)[C@@H]1O. The van der Waals surface area contributed by atoms with Gasteiger partial charge in [-0.25, -0.2) is 29.8 Å². The first-order valence-electron chi connectivity index (χ1n) is 22.4. The molecule has 24 nitrogen and oxygen atoms in total. The Hall–Kier alpha value is -7.24. The highest BCUT2D eigenvalue weighted by molar-refractivity contribution is 7.84. The second-order valence-corrected chi connectivity index (χ2v) is 20.0. The number of carboxylic acids is 1. The van der Waals surface area contributed by atoms with Gasteiger partial charge in [-0.1, -0.05) is 63.4 Å². The molecule has 0 bridgehead atoms. The third kappa shape index (κ3) is 12.0. The molecule has 11 N–H and O–H groups in total. The fourth-order valence-electron chi connectivity index (χ4n) is 9.27. The number of nitrogens with zero attached hydrogens (tertiary/aromatic N) is 6. The van der Waals surface area contributed by atoms with E-state index >= 15 is 0 Å². The summed E-state index contributed by atoms with van der Waals surface area (Å²) < 4.78 is 61.6. The first-order valence-corrected chi connectivity index (χ1v) is 25.4. The van der Waals surface area contributed by atoms with Crippen molar-refractivity contribution in [2.45, 2.75) is 64.2 Å². The van der Waals surface area contributed by atoms with Crippen LogP contribution >= 0.6 is 0 Å². The minimum absolute atomic E-state index is 0. The van der Waals surface area contributed by atoms with Crippen LogP contribution < -0.4 is 20.9 Å². The van der Waals surface area contributed by atoms with Gasteiger partial charge < -0.3 is 40.9 Å². The van der Waals surface area contributed by atoms with Crippen molar-refractivity contribution < 1.29 is 65.1 Å². The first-order chi connectivity index (χ1) is 34.7. The predicted octanol–water partition coefficient (Wildman–Crippen LogP) is 3.34. The maximum Gasteiger partial charge on any atom is 0.337 e. The van der Waals surface area contributed by atoms with Crippen molar-refractivity contribution in [3.8, 4) is 22.5 Å². The Balaban J connectivity index is 0.000000213. The molecular formula is C49H56N10O14S2. The standard InChI is InChI=1S/C24H25N5O7S.C23H23N5O7S.2CH4/c1-35-24(32)14-5-6-16-13(9-14)3-2-4-17(16)18-11-21-26-8-7-20(29(21)28-18)27-19-10-15(22(30)23(19)31)12-36-37(25,33)34;24-36(33,34)35-11-14-9-18(22(30)21(14)29)26-19-6-7-25-20-10-17(27-28(19)20)16-3-1-2-12-8-13(23(31)32)4-5-15(12)16;;/h2-9,11,15,19,22-23,27,30-31H,10,12H2,1H3,(H2,25,33,34);1-8,10,14,18,21-22,26,29-30H,9,11H2,(H,31,32)(H2,24,33,34);2*1H4/t15-,19-,22-,23+;14-,18-,21-,22+;;/m11../s1. The lowest BCUT2D eigenvalue weighted by molar-refractivity contribution is 0.00773. The van der Waals surface area contributed by atoms with Crippen molar-refractivity contribution in [1.29, 1.82) is 0 Å². The number of aliphatic hydroxyl groups excluding tert-OH is 4. The quantitative estimate of drug-likeness (QED) is 0.0705. The molecule has 8 aromatic rings. The Morgan fingerprint density at radius 3 is 1.47 bits per heavy atom. The number of ether oxygens (including phenoxy) is 1. The summed E-state index contributed by atoms with van der Waals surface area (Å²) in [6, 6.07) is 27.1. The molecule has 2 aliphatic carbocycles. The van der Waals surface area contributed by atoms with Crippen LogP contribution in [-0.2, 0) is 33.7 Å². The Labute approximate surface area is 430 Å². The number of carboxylic acid groups (broad SMARTS) is 1. The normalized spacial score (nSPS) is 21.5. The van der Waals surface area contributed by atoms with E-state index in [1.807, 2.05) is 48.5 Å². The lowest BCUT2D eigenvalue weighted by atomic mass is 10.0. The number of aromatic carboxylic acids is 1. The third-order valence-corrected chi connectivity index (χ3v) is 13.8. The van der Waals surface area contributed by atoms with E-state index in [1.165, 1.54) is 13.2 Å². The topological polar surface area (TPSA) is 368 Å². The first kappa shape index (κ1) is 55.5. The van der Waals surface area contributed by atoms with Crippen molar-refractivity contribution in [3.63, 3.8) is 0 Å². The minimum atomic E-state index is -4.17. The molecule has 2 saturated carbocycles. The Morgan fingerprint density at radius 2 is 1.05 bits per heavy atom. The summed E-state index contributed by atoms with van der Waals surface area (Å²) in [5.74, 6) is -1.68. The smallest absolute Gasteiger partial charge is 0.337 e. The molecule has 4 heterocycles. The summed E-state index contributed by atoms with van der Waals surface area (Å²) in [6.45, 7) is -0.691.